The second kappa shape index (κ2) is 13.1. The maximum absolute atomic E-state index is 12.1. The molecule has 0 saturated heterocycles. The Kier molecular flexibility index (Phi) is 11.5. The van der Waals surface area contributed by atoms with Crippen molar-refractivity contribution in [1.82, 2.24) is 0 Å². The van der Waals surface area contributed by atoms with Crippen LogP contribution in [-0.2, 0) is 28.1 Å². The molecule has 0 heterocycles. The highest BCUT2D eigenvalue weighted by molar-refractivity contribution is 5.54. The summed E-state index contributed by atoms with van der Waals surface area (Å²) in [5, 5.41) is 24.1. The lowest BCUT2D eigenvalue weighted by atomic mass is 9.67. The van der Waals surface area contributed by atoms with Gasteiger partial charge in [0.1, 0.15) is 11.5 Å². The molecule has 0 aliphatic heterocycles. The van der Waals surface area contributed by atoms with Crippen LogP contribution in [0.4, 0.5) is 0 Å². The first-order valence-corrected chi connectivity index (χ1v) is 18.3. The third kappa shape index (κ3) is 11.6. The number of rotatable bonds is 10. The normalized spacial score (nSPS) is 14.6. The third-order valence-electron chi connectivity index (χ3n) is 9.55. The van der Waals surface area contributed by atoms with Crippen molar-refractivity contribution in [2.75, 3.05) is 0 Å². The number of phenolic OH excluding ortho intramolecular Hbond substituents is 2. The summed E-state index contributed by atoms with van der Waals surface area (Å²) >= 11 is 0. The van der Waals surface area contributed by atoms with E-state index < -0.39 is 0 Å². The van der Waals surface area contributed by atoms with E-state index in [1.807, 2.05) is 0 Å². The van der Waals surface area contributed by atoms with Gasteiger partial charge in [0.2, 0.25) is 0 Å². The molecule has 2 aromatic carbocycles. The first-order chi connectivity index (χ1) is 20.6. The lowest BCUT2D eigenvalue weighted by molar-refractivity contribution is 0.267. The quantitative estimate of drug-likeness (QED) is 0.269. The Hall–Kier alpha value is -1.96. The fourth-order valence-electron chi connectivity index (χ4n) is 9.58. The fraction of sp³-hybridized carbons (Fsp3) is 0.733. The smallest absolute Gasteiger partial charge is 0.123 e. The zero-order chi connectivity index (χ0) is 37.0. The number of benzene rings is 2. The summed E-state index contributed by atoms with van der Waals surface area (Å²) in [4.78, 5) is 0. The van der Waals surface area contributed by atoms with Gasteiger partial charge in [-0.1, -0.05) is 163 Å². The molecule has 0 unspecified atom stereocenters. The van der Waals surface area contributed by atoms with Crippen LogP contribution < -0.4 is 0 Å². The van der Waals surface area contributed by atoms with E-state index >= 15 is 0 Å². The molecule has 0 aromatic heterocycles. The van der Waals surface area contributed by atoms with Crippen LogP contribution in [0.1, 0.15) is 198 Å². The van der Waals surface area contributed by atoms with E-state index in [0.717, 1.165) is 54.4 Å². The average molecular weight is 649 g/mol. The Morgan fingerprint density at radius 1 is 0.340 bits per heavy atom. The van der Waals surface area contributed by atoms with E-state index in [0.29, 0.717) is 11.5 Å². The summed E-state index contributed by atoms with van der Waals surface area (Å²) < 4.78 is 0. The molecule has 2 nitrogen and oxygen atoms in total. The van der Waals surface area contributed by atoms with Gasteiger partial charge in [0.05, 0.1) is 0 Å². The topological polar surface area (TPSA) is 40.5 Å². The molecule has 2 rings (SSSR count). The summed E-state index contributed by atoms with van der Waals surface area (Å²) in [6.07, 6.45) is 4.60. The molecule has 0 amide bonds. The minimum Gasteiger partial charge on any atom is -0.507 e. The average Bonchev–Trinajstić information content (AvgIpc) is 2.74. The maximum atomic E-state index is 12.1. The van der Waals surface area contributed by atoms with Gasteiger partial charge in [-0.25, -0.2) is 0 Å². The first-order valence-electron chi connectivity index (χ1n) is 18.3. The SMILES string of the molecule is CC(C)(C)CC(C)(C)c1cc(Cc2cc(C(C)(C)CC(C)(C)C)c(O)c(C(C)(C)CC(C)(C)C)c2)cc(C(C)(C)CC(C)(C)C)c1O. The molecule has 47 heavy (non-hydrogen) atoms. The Balaban J connectivity index is 2.96. The minimum absolute atomic E-state index is 0.116. The molecule has 2 N–H and O–H groups in total. The van der Waals surface area contributed by atoms with Crippen molar-refractivity contribution < 1.29 is 10.2 Å². The monoisotopic (exact) mass is 649 g/mol. The summed E-state index contributed by atoms with van der Waals surface area (Å²) in [7, 11) is 0. The zero-order valence-corrected chi connectivity index (χ0v) is 34.7. The van der Waals surface area contributed by atoms with E-state index in [9.17, 15) is 10.2 Å². The zero-order valence-electron chi connectivity index (χ0n) is 34.7. The van der Waals surface area contributed by atoms with Gasteiger partial charge >= 0.3 is 0 Å². The van der Waals surface area contributed by atoms with Gasteiger partial charge in [0, 0.05) is 22.3 Å². The molecule has 0 radical (unpaired) electrons. The molecule has 0 aliphatic carbocycles. The number of aromatic hydroxyl groups is 2. The molecular weight excluding hydrogens is 572 g/mol. The lowest BCUT2D eigenvalue weighted by Gasteiger charge is -2.38. The van der Waals surface area contributed by atoms with Crippen LogP contribution in [0.2, 0.25) is 0 Å². The molecule has 2 heteroatoms. The fourth-order valence-corrected chi connectivity index (χ4v) is 9.58. The molecule has 0 bridgehead atoms. The summed E-state index contributed by atoms with van der Waals surface area (Å²) in [5.74, 6) is 0.920. The van der Waals surface area contributed by atoms with Crippen molar-refractivity contribution in [2.45, 2.75) is 192 Å². The molecule has 0 fully saturated rings. The van der Waals surface area contributed by atoms with Crippen LogP contribution in [0.5, 0.6) is 11.5 Å². The predicted octanol–water partition coefficient (Wildman–Crippen LogP) is 13.5. The van der Waals surface area contributed by atoms with E-state index in [1.54, 1.807) is 0 Å². The standard InChI is InChI=1S/C45H76O2/c1-38(2,3)26-42(13,14)32-22-30(23-33(36(32)46)43(15,16)27-39(4,5)6)21-31-24-34(44(17,18)28-40(7,8)9)37(47)35(25-31)45(19,20)29-41(10,11)12/h22-25,46-47H,21,26-29H2,1-20H3. The molecular formula is C45H76O2. The second-order valence-electron chi connectivity index (χ2n) is 22.7. The van der Waals surface area contributed by atoms with Crippen molar-refractivity contribution in [3.05, 3.63) is 57.6 Å². The molecule has 0 aliphatic rings. The van der Waals surface area contributed by atoms with Crippen LogP contribution in [0, 0.1) is 21.7 Å². The molecule has 0 atom stereocenters. The summed E-state index contributed by atoms with van der Waals surface area (Å²) in [6, 6.07) is 9.13. The van der Waals surface area contributed by atoms with Crippen LogP contribution in [-0.4, -0.2) is 10.2 Å². The van der Waals surface area contributed by atoms with Gasteiger partial charge in [0.25, 0.3) is 0 Å². The van der Waals surface area contributed by atoms with Gasteiger partial charge < -0.3 is 10.2 Å². The van der Waals surface area contributed by atoms with Crippen molar-refractivity contribution in [2.24, 2.45) is 21.7 Å². The Morgan fingerprint density at radius 3 is 0.660 bits per heavy atom. The van der Waals surface area contributed by atoms with E-state index in [-0.39, 0.29) is 43.3 Å². The summed E-state index contributed by atoms with van der Waals surface area (Å²) in [6.45, 7) is 45.8. The maximum Gasteiger partial charge on any atom is 0.123 e. The Bertz CT molecular complexity index is 1180. The van der Waals surface area contributed by atoms with Crippen molar-refractivity contribution >= 4 is 0 Å². The van der Waals surface area contributed by atoms with Crippen LogP contribution in [0.3, 0.4) is 0 Å². The Labute approximate surface area is 292 Å². The largest absolute Gasteiger partial charge is 0.507 e. The predicted molar refractivity (Wildman–Crippen MR) is 207 cm³/mol. The molecule has 2 aromatic rings. The van der Waals surface area contributed by atoms with Crippen LogP contribution in [0.25, 0.3) is 0 Å². The Morgan fingerprint density at radius 2 is 0.511 bits per heavy atom. The van der Waals surface area contributed by atoms with Crippen molar-refractivity contribution in [1.29, 1.82) is 0 Å². The summed E-state index contributed by atoms with van der Waals surface area (Å²) in [5.41, 5.74) is 6.25. The van der Waals surface area contributed by atoms with Gasteiger partial charge in [-0.3, -0.25) is 0 Å². The lowest BCUT2D eigenvalue weighted by Crippen LogP contribution is -2.29. The highest BCUT2D eigenvalue weighted by Crippen LogP contribution is 2.49. The second-order valence-corrected chi connectivity index (χ2v) is 22.7. The number of hydrogen-bond donors (Lipinski definition) is 2. The van der Waals surface area contributed by atoms with E-state index in [4.69, 9.17) is 0 Å². The highest BCUT2D eigenvalue weighted by Gasteiger charge is 2.38. The number of hydrogen-bond acceptors (Lipinski definition) is 2. The van der Waals surface area contributed by atoms with Crippen molar-refractivity contribution in [3.63, 3.8) is 0 Å². The molecule has 0 saturated carbocycles. The van der Waals surface area contributed by atoms with Crippen LogP contribution >= 0.6 is 0 Å². The minimum atomic E-state index is -0.209. The van der Waals surface area contributed by atoms with Gasteiger partial charge in [-0.05, 0) is 86.6 Å². The molecule has 268 valence electrons. The van der Waals surface area contributed by atoms with Gasteiger partial charge in [-0.15, -0.1) is 0 Å². The van der Waals surface area contributed by atoms with Crippen LogP contribution in [0.15, 0.2) is 24.3 Å². The number of phenols is 2. The van der Waals surface area contributed by atoms with E-state index in [1.165, 1.54) is 11.1 Å². The van der Waals surface area contributed by atoms with Gasteiger partial charge in [0.15, 0.2) is 0 Å². The van der Waals surface area contributed by atoms with Gasteiger partial charge in [-0.2, -0.15) is 0 Å². The van der Waals surface area contributed by atoms with E-state index in [2.05, 4.69) is 163 Å². The first kappa shape index (κ1) is 41.2. The van der Waals surface area contributed by atoms with Crippen molar-refractivity contribution in [3.8, 4) is 11.5 Å². The third-order valence-corrected chi connectivity index (χ3v) is 9.55. The molecule has 0 spiro atoms. The highest BCUT2D eigenvalue weighted by atomic mass is 16.3.